The topological polar surface area (TPSA) is 68.3 Å². The van der Waals surface area contributed by atoms with Gasteiger partial charge < -0.3 is 9.32 Å². The molecule has 0 aliphatic rings. The Kier molecular flexibility index (Phi) is 6.15. The van der Waals surface area contributed by atoms with Crippen LogP contribution in [0, 0.1) is 6.92 Å². The number of halogens is 1. The Hall–Kier alpha value is -3.03. The third-order valence-electron chi connectivity index (χ3n) is 4.82. The van der Waals surface area contributed by atoms with Gasteiger partial charge in [0.1, 0.15) is 5.76 Å². The molecule has 0 spiro atoms. The number of furan rings is 1. The monoisotopic (exact) mass is 453 g/mol. The van der Waals surface area contributed by atoms with Gasteiger partial charge in [-0.2, -0.15) is 0 Å². The summed E-state index contributed by atoms with van der Waals surface area (Å²) in [7, 11) is 1.71. The van der Waals surface area contributed by atoms with Gasteiger partial charge in [0.05, 0.1) is 35.2 Å². The summed E-state index contributed by atoms with van der Waals surface area (Å²) < 4.78 is 6.85. The van der Waals surface area contributed by atoms with Crippen molar-refractivity contribution in [3.05, 3.63) is 87.6 Å². The van der Waals surface area contributed by atoms with Crippen molar-refractivity contribution in [2.45, 2.75) is 18.6 Å². The van der Waals surface area contributed by atoms with Gasteiger partial charge in [0.2, 0.25) is 5.91 Å². The lowest BCUT2D eigenvalue weighted by Gasteiger charge is -2.17. The summed E-state index contributed by atoms with van der Waals surface area (Å²) >= 11 is 7.33. The highest BCUT2D eigenvalue weighted by molar-refractivity contribution is 7.99. The van der Waals surface area contributed by atoms with Crippen LogP contribution in [0.5, 0.6) is 0 Å². The van der Waals surface area contributed by atoms with Gasteiger partial charge in [0.15, 0.2) is 5.16 Å². The van der Waals surface area contributed by atoms with Crippen molar-refractivity contribution in [2.75, 3.05) is 12.8 Å². The number of carbonyl (C=O) groups is 1. The number of nitrogens with zero attached hydrogens (tertiary/aromatic N) is 3. The third-order valence-corrected chi connectivity index (χ3v) is 5.97. The van der Waals surface area contributed by atoms with Gasteiger partial charge in [-0.05, 0) is 49.4 Å². The van der Waals surface area contributed by atoms with Gasteiger partial charge in [-0.15, -0.1) is 0 Å². The third kappa shape index (κ3) is 4.68. The summed E-state index contributed by atoms with van der Waals surface area (Å²) in [5, 5.41) is 1.40. The molecule has 0 fully saturated rings. The zero-order valence-electron chi connectivity index (χ0n) is 17.0. The van der Waals surface area contributed by atoms with E-state index < -0.39 is 0 Å². The Morgan fingerprint density at radius 3 is 2.68 bits per heavy atom. The fourth-order valence-electron chi connectivity index (χ4n) is 3.12. The van der Waals surface area contributed by atoms with Gasteiger partial charge >= 0.3 is 0 Å². The second-order valence-electron chi connectivity index (χ2n) is 7.15. The molecule has 158 valence electrons. The second-order valence-corrected chi connectivity index (χ2v) is 8.53. The second kappa shape index (κ2) is 8.99. The molecule has 0 N–H and O–H groups in total. The minimum atomic E-state index is -0.204. The molecule has 2 aromatic heterocycles. The molecule has 0 unspecified atom stereocenters. The fourth-order valence-corrected chi connectivity index (χ4v) is 4.24. The average Bonchev–Trinajstić information content (AvgIpc) is 3.25. The van der Waals surface area contributed by atoms with Crippen LogP contribution in [0.4, 0.5) is 0 Å². The van der Waals surface area contributed by atoms with E-state index in [2.05, 4.69) is 4.98 Å². The van der Waals surface area contributed by atoms with E-state index in [0.717, 1.165) is 5.56 Å². The maximum absolute atomic E-state index is 13.3. The summed E-state index contributed by atoms with van der Waals surface area (Å²) in [6, 6.07) is 16.2. The molecule has 0 radical (unpaired) electrons. The summed E-state index contributed by atoms with van der Waals surface area (Å²) in [5.41, 5.74) is 2.07. The summed E-state index contributed by atoms with van der Waals surface area (Å²) in [5.74, 6) is 0.731. The zero-order chi connectivity index (χ0) is 22.0. The van der Waals surface area contributed by atoms with Crippen LogP contribution in [-0.4, -0.2) is 33.2 Å². The van der Waals surface area contributed by atoms with Crippen molar-refractivity contribution in [2.24, 2.45) is 0 Å². The van der Waals surface area contributed by atoms with Crippen LogP contribution < -0.4 is 5.56 Å². The van der Waals surface area contributed by atoms with Crippen molar-refractivity contribution in [3.63, 3.8) is 0 Å². The Bertz CT molecular complexity index is 1280. The van der Waals surface area contributed by atoms with E-state index in [1.165, 1.54) is 11.8 Å². The smallest absolute Gasteiger partial charge is 0.266 e. The van der Waals surface area contributed by atoms with Crippen molar-refractivity contribution >= 4 is 40.2 Å². The number of amides is 1. The van der Waals surface area contributed by atoms with Crippen molar-refractivity contribution in [1.29, 1.82) is 0 Å². The number of fused-ring (bicyclic) bond motifs is 1. The van der Waals surface area contributed by atoms with E-state index in [-0.39, 0.29) is 17.2 Å². The number of hydrogen-bond donors (Lipinski definition) is 0. The number of hydrogen-bond acceptors (Lipinski definition) is 5. The molecule has 8 heteroatoms. The molecule has 31 heavy (non-hydrogen) atoms. The first-order valence-corrected chi connectivity index (χ1v) is 11.0. The highest BCUT2D eigenvalue weighted by Gasteiger charge is 2.17. The molecule has 2 aromatic carbocycles. The molecular formula is C23H20ClN3O3S. The van der Waals surface area contributed by atoms with E-state index in [0.29, 0.717) is 39.1 Å². The van der Waals surface area contributed by atoms with Crippen LogP contribution >= 0.6 is 23.4 Å². The largest absolute Gasteiger partial charge is 0.467 e. The number of carbonyl (C=O) groups excluding carboxylic acids is 1. The first-order chi connectivity index (χ1) is 14.9. The first-order valence-electron chi connectivity index (χ1n) is 9.61. The summed E-state index contributed by atoms with van der Waals surface area (Å²) in [6.45, 7) is 2.36. The van der Waals surface area contributed by atoms with Crippen molar-refractivity contribution < 1.29 is 9.21 Å². The number of rotatable bonds is 6. The SMILES string of the molecule is Cc1ccc(-n2c(SCC(=O)N(C)Cc3ccco3)nc3cc(Cl)ccc3c2=O)cc1. The molecule has 6 nitrogen and oxygen atoms in total. The lowest BCUT2D eigenvalue weighted by Crippen LogP contribution is -2.28. The van der Waals surface area contributed by atoms with E-state index in [1.807, 2.05) is 37.3 Å². The Morgan fingerprint density at radius 2 is 1.97 bits per heavy atom. The number of benzene rings is 2. The predicted molar refractivity (Wildman–Crippen MR) is 123 cm³/mol. The molecule has 1 amide bonds. The predicted octanol–water partition coefficient (Wildman–Crippen LogP) is 4.69. The number of aromatic nitrogens is 2. The highest BCUT2D eigenvalue weighted by atomic mass is 35.5. The minimum absolute atomic E-state index is 0.0997. The molecule has 0 aliphatic carbocycles. The molecule has 0 saturated carbocycles. The van der Waals surface area contributed by atoms with E-state index in [1.54, 1.807) is 47.0 Å². The Labute approximate surface area is 188 Å². The minimum Gasteiger partial charge on any atom is -0.467 e. The van der Waals surface area contributed by atoms with E-state index in [9.17, 15) is 9.59 Å². The van der Waals surface area contributed by atoms with Gasteiger partial charge in [-0.3, -0.25) is 14.2 Å². The van der Waals surface area contributed by atoms with Gasteiger partial charge in [-0.1, -0.05) is 41.1 Å². The maximum Gasteiger partial charge on any atom is 0.266 e. The lowest BCUT2D eigenvalue weighted by molar-refractivity contribution is -0.127. The maximum atomic E-state index is 13.3. The van der Waals surface area contributed by atoms with Crippen LogP contribution in [0.25, 0.3) is 16.6 Å². The molecule has 0 saturated heterocycles. The van der Waals surface area contributed by atoms with E-state index >= 15 is 0 Å². The number of thioether (sulfide) groups is 1. The van der Waals surface area contributed by atoms with Gasteiger partial charge in [-0.25, -0.2) is 4.98 Å². The van der Waals surface area contributed by atoms with Crippen LogP contribution in [0.15, 0.2) is 75.2 Å². The van der Waals surface area contributed by atoms with E-state index in [4.69, 9.17) is 16.0 Å². The molecule has 0 aliphatic heterocycles. The molecule has 0 atom stereocenters. The zero-order valence-corrected chi connectivity index (χ0v) is 18.6. The van der Waals surface area contributed by atoms with Crippen molar-refractivity contribution in [1.82, 2.24) is 14.5 Å². The van der Waals surface area contributed by atoms with Crippen LogP contribution in [0.3, 0.4) is 0 Å². The standard InChI is InChI=1S/C23H20ClN3O3S/c1-15-5-8-17(9-6-15)27-22(29)19-10-7-16(24)12-20(19)25-23(27)31-14-21(28)26(2)13-18-4-3-11-30-18/h3-12H,13-14H2,1-2H3. The molecule has 4 aromatic rings. The fraction of sp³-hybridized carbons (Fsp3) is 0.174. The van der Waals surface area contributed by atoms with Crippen molar-refractivity contribution in [3.8, 4) is 5.69 Å². The quantitative estimate of drug-likeness (QED) is 0.313. The Balaban J connectivity index is 1.68. The molecular weight excluding hydrogens is 434 g/mol. The highest BCUT2D eigenvalue weighted by Crippen LogP contribution is 2.23. The summed E-state index contributed by atoms with van der Waals surface area (Å²) in [6.07, 6.45) is 1.58. The first kappa shape index (κ1) is 21.2. The van der Waals surface area contributed by atoms with Crippen LogP contribution in [0.1, 0.15) is 11.3 Å². The lowest BCUT2D eigenvalue weighted by atomic mass is 10.2. The summed E-state index contributed by atoms with van der Waals surface area (Å²) in [4.78, 5) is 32.2. The van der Waals surface area contributed by atoms with Gasteiger partial charge in [0, 0.05) is 12.1 Å². The van der Waals surface area contributed by atoms with Crippen LogP contribution in [-0.2, 0) is 11.3 Å². The van der Waals surface area contributed by atoms with Gasteiger partial charge in [0.25, 0.3) is 5.56 Å². The normalized spacial score (nSPS) is 11.1. The molecule has 2 heterocycles. The number of aryl methyl sites for hydroxylation is 1. The Morgan fingerprint density at radius 1 is 1.19 bits per heavy atom. The average molecular weight is 454 g/mol. The van der Waals surface area contributed by atoms with Crippen LogP contribution in [0.2, 0.25) is 5.02 Å². The molecule has 0 bridgehead atoms. The molecule has 4 rings (SSSR count).